The Kier molecular flexibility index (Phi) is 6.48. The molecule has 1 unspecified atom stereocenters. The topological polar surface area (TPSA) is 43.8 Å². The Labute approximate surface area is 119 Å². The number of likely N-dealkylation sites (N-methyl/N-ethyl adjacent to an activating group) is 1. The predicted molar refractivity (Wildman–Crippen MR) is 79.2 cm³/mol. The molecule has 1 heterocycles. The fourth-order valence-corrected chi connectivity index (χ4v) is 2.57. The first-order chi connectivity index (χ1) is 8.90. The smallest absolute Gasteiger partial charge is 0.236 e. The standard InChI is InChI=1S/C14H24N2O2S/c1-11(2)16(8-12(3)17)10-14(18)15(4)9-13-6-5-7-19-13/h5-7,11-12,17H,8-10H2,1-4H3. The number of rotatable bonds is 7. The normalized spacial score (nSPS) is 13.0. The van der Waals surface area contributed by atoms with E-state index < -0.39 is 6.10 Å². The Morgan fingerprint density at radius 3 is 2.58 bits per heavy atom. The van der Waals surface area contributed by atoms with Crippen LogP contribution < -0.4 is 0 Å². The van der Waals surface area contributed by atoms with Gasteiger partial charge in [-0.15, -0.1) is 11.3 Å². The number of nitrogens with zero attached hydrogens (tertiary/aromatic N) is 2. The van der Waals surface area contributed by atoms with Crippen molar-refractivity contribution in [3.05, 3.63) is 22.4 Å². The summed E-state index contributed by atoms with van der Waals surface area (Å²) in [5, 5.41) is 11.5. The molecule has 108 valence electrons. The number of aliphatic hydroxyl groups excluding tert-OH is 1. The third-order valence-corrected chi connectivity index (χ3v) is 3.83. The summed E-state index contributed by atoms with van der Waals surface area (Å²) in [5.41, 5.74) is 0. The lowest BCUT2D eigenvalue weighted by Gasteiger charge is -2.29. The molecule has 0 aliphatic rings. The molecule has 1 aromatic heterocycles. The van der Waals surface area contributed by atoms with Crippen LogP contribution in [0.5, 0.6) is 0 Å². The van der Waals surface area contributed by atoms with Crippen LogP contribution in [0.15, 0.2) is 17.5 Å². The number of carbonyl (C=O) groups excluding carboxylic acids is 1. The van der Waals surface area contributed by atoms with Crippen LogP contribution in [-0.2, 0) is 11.3 Å². The Hall–Kier alpha value is -0.910. The van der Waals surface area contributed by atoms with E-state index in [-0.39, 0.29) is 11.9 Å². The van der Waals surface area contributed by atoms with Crippen molar-refractivity contribution in [2.24, 2.45) is 0 Å². The highest BCUT2D eigenvalue weighted by molar-refractivity contribution is 7.09. The van der Waals surface area contributed by atoms with E-state index in [1.807, 2.05) is 43.3 Å². The summed E-state index contributed by atoms with van der Waals surface area (Å²) in [6.07, 6.45) is -0.419. The summed E-state index contributed by atoms with van der Waals surface area (Å²) in [6.45, 7) is 7.34. The van der Waals surface area contributed by atoms with Crippen LogP contribution in [0.25, 0.3) is 0 Å². The maximum Gasteiger partial charge on any atom is 0.236 e. The Morgan fingerprint density at radius 2 is 2.11 bits per heavy atom. The summed E-state index contributed by atoms with van der Waals surface area (Å²) in [7, 11) is 1.82. The van der Waals surface area contributed by atoms with Gasteiger partial charge in [-0.1, -0.05) is 6.07 Å². The number of hydrogen-bond acceptors (Lipinski definition) is 4. The number of amides is 1. The lowest BCUT2D eigenvalue weighted by Crippen LogP contribution is -2.44. The average Bonchev–Trinajstić information content (AvgIpc) is 2.79. The summed E-state index contributed by atoms with van der Waals surface area (Å²) in [6, 6.07) is 4.27. The molecule has 1 rings (SSSR count). The molecule has 0 saturated heterocycles. The molecule has 0 spiro atoms. The summed E-state index contributed by atoms with van der Waals surface area (Å²) in [4.78, 5) is 17.1. The van der Waals surface area contributed by atoms with Crippen molar-refractivity contribution < 1.29 is 9.90 Å². The van der Waals surface area contributed by atoms with Crippen LogP contribution in [0.4, 0.5) is 0 Å². The molecule has 5 heteroatoms. The molecular formula is C14H24N2O2S. The number of thiophene rings is 1. The minimum atomic E-state index is -0.419. The van der Waals surface area contributed by atoms with E-state index in [0.29, 0.717) is 19.6 Å². The number of hydrogen-bond donors (Lipinski definition) is 1. The molecule has 1 N–H and O–H groups in total. The molecule has 19 heavy (non-hydrogen) atoms. The maximum atomic E-state index is 12.2. The second-order valence-corrected chi connectivity index (χ2v) is 6.23. The third kappa shape index (κ3) is 5.72. The van der Waals surface area contributed by atoms with Crippen LogP contribution >= 0.6 is 11.3 Å². The fraction of sp³-hybridized carbons (Fsp3) is 0.643. The van der Waals surface area contributed by atoms with Crippen molar-refractivity contribution in [3.63, 3.8) is 0 Å². The molecule has 0 fully saturated rings. The molecule has 0 radical (unpaired) electrons. The van der Waals surface area contributed by atoms with E-state index in [1.165, 1.54) is 4.88 Å². The van der Waals surface area contributed by atoms with Crippen molar-refractivity contribution in [1.82, 2.24) is 9.80 Å². The van der Waals surface area contributed by atoms with Gasteiger partial charge in [-0.3, -0.25) is 9.69 Å². The van der Waals surface area contributed by atoms with E-state index in [1.54, 1.807) is 23.2 Å². The van der Waals surface area contributed by atoms with Gasteiger partial charge >= 0.3 is 0 Å². The summed E-state index contributed by atoms with van der Waals surface area (Å²) in [5.74, 6) is 0.0859. The molecule has 0 saturated carbocycles. The van der Waals surface area contributed by atoms with Gasteiger partial charge in [0.1, 0.15) is 0 Å². The average molecular weight is 284 g/mol. The zero-order chi connectivity index (χ0) is 14.4. The zero-order valence-electron chi connectivity index (χ0n) is 12.2. The van der Waals surface area contributed by atoms with Crippen LogP contribution in [0.2, 0.25) is 0 Å². The van der Waals surface area contributed by atoms with Gasteiger partial charge in [0.05, 0.1) is 19.2 Å². The van der Waals surface area contributed by atoms with Crippen molar-refractivity contribution in [2.45, 2.75) is 39.5 Å². The van der Waals surface area contributed by atoms with Crippen molar-refractivity contribution in [2.75, 3.05) is 20.1 Å². The van der Waals surface area contributed by atoms with E-state index in [9.17, 15) is 9.90 Å². The van der Waals surface area contributed by atoms with E-state index >= 15 is 0 Å². The molecule has 1 atom stereocenters. The lowest BCUT2D eigenvalue weighted by molar-refractivity contribution is -0.132. The van der Waals surface area contributed by atoms with Gasteiger partial charge in [-0.05, 0) is 32.2 Å². The van der Waals surface area contributed by atoms with Gasteiger partial charge in [0.2, 0.25) is 5.91 Å². The molecule has 0 aliphatic carbocycles. The quantitative estimate of drug-likeness (QED) is 0.830. The number of aliphatic hydroxyl groups is 1. The molecule has 0 aliphatic heterocycles. The highest BCUT2D eigenvalue weighted by Crippen LogP contribution is 2.11. The molecule has 4 nitrogen and oxygen atoms in total. The monoisotopic (exact) mass is 284 g/mol. The van der Waals surface area contributed by atoms with Crippen molar-refractivity contribution in [1.29, 1.82) is 0 Å². The third-order valence-electron chi connectivity index (χ3n) is 2.97. The van der Waals surface area contributed by atoms with E-state index in [0.717, 1.165) is 0 Å². The van der Waals surface area contributed by atoms with Crippen molar-refractivity contribution >= 4 is 17.2 Å². The van der Waals surface area contributed by atoms with E-state index in [4.69, 9.17) is 0 Å². The van der Waals surface area contributed by atoms with Crippen molar-refractivity contribution in [3.8, 4) is 0 Å². The van der Waals surface area contributed by atoms with Gasteiger partial charge in [0, 0.05) is 24.5 Å². The maximum absolute atomic E-state index is 12.2. The summed E-state index contributed by atoms with van der Waals surface area (Å²) >= 11 is 1.66. The van der Waals surface area contributed by atoms with Crippen LogP contribution in [-0.4, -0.2) is 53.1 Å². The Balaban J connectivity index is 2.51. The summed E-state index contributed by atoms with van der Waals surface area (Å²) < 4.78 is 0. The highest BCUT2D eigenvalue weighted by atomic mass is 32.1. The van der Waals surface area contributed by atoms with Crippen LogP contribution in [0.1, 0.15) is 25.6 Å². The Bertz CT molecular complexity index is 377. The minimum absolute atomic E-state index is 0.0859. The SMILES string of the molecule is CC(O)CN(CC(=O)N(C)Cc1cccs1)C(C)C. The first-order valence-corrected chi connectivity index (χ1v) is 7.46. The molecule has 1 aromatic rings. The largest absolute Gasteiger partial charge is 0.392 e. The molecule has 1 amide bonds. The first kappa shape index (κ1) is 16.1. The van der Waals surface area contributed by atoms with Gasteiger partial charge in [-0.2, -0.15) is 0 Å². The molecular weight excluding hydrogens is 260 g/mol. The van der Waals surface area contributed by atoms with Gasteiger partial charge in [0.15, 0.2) is 0 Å². The zero-order valence-corrected chi connectivity index (χ0v) is 13.0. The second kappa shape index (κ2) is 7.62. The molecule has 0 aromatic carbocycles. The highest BCUT2D eigenvalue weighted by Gasteiger charge is 2.18. The predicted octanol–water partition coefficient (Wildman–Crippen LogP) is 1.80. The molecule has 0 bridgehead atoms. The minimum Gasteiger partial charge on any atom is -0.392 e. The first-order valence-electron chi connectivity index (χ1n) is 6.58. The lowest BCUT2D eigenvalue weighted by atomic mass is 10.2. The van der Waals surface area contributed by atoms with Crippen LogP contribution in [0.3, 0.4) is 0 Å². The second-order valence-electron chi connectivity index (χ2n) is 5.20. The van der Waals surface area contributed by atoms with E-state index in [2.05, 4.69) is 0 Å². The van der Waals surface area contributed by atoms with Crippen LogP contribution in [0, 0.1) is 0 Å². The number of carbonyl (C=O) groups is 1. The van der Waals surface area contributed by atoms with Gasteiger partial charge in [-0.25, -0.2) is 0 Å². The Morgan fingerprint density at radius 1 is 1.42 bits per heavy atom. The fourth-order valence-electron chi connectivity index (χ4n) is 1.82. The van der Waals surface area contributed by atoms with Gasteiger partial charge in [0.25, 0.3) is 0 Å². The van der Waals surface area contributed by atoms with Gasteiger partial charge < -0.3 is 10.0 Å².